The molecule has 1 aromatic heterocycles. The van der Waals surface area contributed by atoms with E-state index < -0.39 is 5.54 Å². The highest BCUT2D eigenvalue weighted by molar-refractivity contribution is 5.93. The molecule has 8 heteroatoms. The molecule has 1 fully saturated rings. The van der Waals surface area contributed by atoms with Crippen LogP contribution in [0.25, 0.3) is 11.5 Å². The van der Waals surface area contributed by atoms with Crippen molar-refractivity contribution in [2.75, 3.05) is 19.4 Å². The van der Waals surface area contributed by atoms with Crippen LogP contribution < -0.4 is 11.1 Å². The predicted molar refractivity (Wildman–Crippen MR) is 94.1 cm³/mol. The Bertz CT molecular complexity index is 740. The Balaban J connectivity index is 0.00000208. The molecule has 0 saturated heterocycles. The number of anilines is 1. The number of hydrogen-bond donors (Lipinski definition) is 2. The summed E-state index contributed by atoms with van der Waals surface area (Å²) in [5, 5.41) is 6.88. The van der Waals surface area contributed by atoms with Gasteiger partial charge in [-0.05, 0) is 38.3 Å². The van der Waals surface area contributed by atoms with Crippen molar-refractivity contribution >= 4 is 24.1 Å². The summed E-state index contributed by atoms with van der Waals surface area (Å²) in [6.07, 6.45) is 2.81. The standard InChI is InChI=1S/C16H21N5O2.ClH/c1-10-5-6-12(18-15(22)21(2)3)11(9-10)13-19-14(20-23-13)16(17)7-4-8-16;/h5-6,9H,4,7-8,17H2,1-3H3,(H,18,22);1H. The Morgan fingerprint density at radius 1 is 1.38 bits per heavy atom. The quantitative estimate of drug-likeness (QED) is 0.886. The van der Waals surface area contributed by atoms with Crippen LogP contribution in [0.1, 0.15) is 30.7 Å². The number of carbonyl (C=O) groups excluding carboxylic acids is 1. The molecule has 24 heavy (non-hydrogen) atoms. The van der Waals surface area contributed by atoms with Gasteiger partial charge in [0.2, 0.25) is 0 Å². The fourth-order valence-corrected chi connectivity index (χ4v) is 2.49. The Kier molecular flexibility index (Phi) is 5.15. The van der Waals surface area contributed by atoms with Gasteiger partial charge >= 0.3 is 6.03 Å². The average Bonchev–Trinajstić information content (AvgIpc) is 2.96. The number of aromatic nitrogens is 2. The van der Waals surface area contributed by atoms with Crippen molar-refractivity contribution in [3.63, 3.8) is 0 Å². The number of amides is 2. The fraction of sp³-hybridized carbons (Fsp3) is 0.438. The minimum Gasteiger partial charge on any atom is -0.334 e. The lowest BCUT2D eigenvalue weighted by molar-refractivity contribution is 0.229. The molecule has 0 spiro atoms. The largest absolute Gasteiger partial charge is 0.334 e. The summed E-state index contributed by atoms with van der Waals surface area (Å²) < 4.78 is 5.40. The molecule has 1 heterocycles. The van der Waals surface area contributed by atoms with Gasteiger partial charge in [-0.2, -0.15) is 4.98 Å². The van der Waals surface area contributed by atoms with Crippen molar-refractivity contribution in [2.24, 2.45) is 5.73 Å². The van der Waals surface area contributed by atoms with E-state index in [1.807, 2.05) is 25.1 Å². The zero-order chi connectivity index (χ0) is 16.6. The topological polar surface area (TPSA) is 97.3 Å². The van der Waals surface area contributed by atoms with Crippen LogP contribution in [0.4, 0.5) is 10.5 Å². The summed E-state index contributed by atoms with van der Waals surface area (Å²) in [5.41, 5.74) is 8.13. The lowest BCUT2D eigenvalue weighted by atomic mass is 9.77. The highest BCUT2D eigenvalue weighted by Crippen LogP contribution is 2.38. The van der Waals surface area contributed by atoms with Gasteiger partial charge in [-0.15, -0.1) is 12.4 Å². The highest BCUT2D eigenvalue weighted by Gasteiger charge is 2.39. The van der Waals surface area contributed by atoms with E-state index in [9.17, 15) is 4.79 Å². The third-order valence-corrected chi connectivity index (χ3v) is 4.17. The molecule has 0 unspecified atom stereocenters. The van der Waals surface area contributed by atoms with Crippen LogP contribution >= 0.6 is 12.4 Å². The van der Waals surface area contributed by atoms with E-state index in [4.69, 9.17) is 10.3 Å². The molecule has 7 nitrogen and oxygen atoms in total. The van der Waals surface area contributed by atoms with Gasteiger partial charge in [-0.1, -0.05) is 16.8 Å². The van der Waals surface area contributed by atoms with Gasteiger partial charge in [0, 0.05) is 14.1 Å². The summed E-state index contributed by atoms with van der Waals surface area (Å²) in [4.78, 5) is 17.9. The van der Waals surface area contributed by atoms with Gasteiger partial charge in [0.15, 0.2) is 5.82 Å². The number of urea groups is 1. The van der Waals surface area contributed by atoms with E-state index in [2.05, 4.69) is 15.5 Å². The first-order valence-corrected chi connectivity index (χ1v) is 7.61. The van der Waals surface area contributed by atoms with Crippen LogP contribution in [0.3, 0.4) is 0 Å². The first-order chi connectivity index (χ1) is 10.9. The van der Waals surface area contributed by atoms with Crippen LogP contribution in [0.2, 0.25) is 0 Å². The van der Waals surface area contributed by atoms with E-state index in [1.54, 1.807) is 14.1 Å². The van der Waals surface area contributed by atoms with Crippen LogP contribution in [0.15, 0.2) is 22.7 Å². The molecule has 3 N–H and O–H groups in total. The Morgan fingerprint density at radius 2 is 2.08 bits per heavy atom. The SMILES string of the molecule is Cc1ccc(NC(=O)N(C)C)c(-c2nc(C3(N)CCC3)no2)c1.Cl. The number of nitrogens with one attached hydrogen (secondary N) is 1. The highest BCUT2D eigenvalue weighted by atomic mass is 35.5. The third-order valence-electron chi connectivity index (χ3n) is 4.17. The summed E-state index contributed by atoms with van der Waals surface area (Å²) in [6, 6.07) is 5.44. The maximum absolute atomic E-state index is 11.9. The number of benzene rings is 1. The summed E-state index contributed by atoms with van der Waals surface area (Å²) in [5.74, 6) is 0.902. The second-order valence-corrected chi connectivity index (χ2v) is 6.31. The zero-order valence-corrected chi connectivity index (χ0v) is 14.8. The molecule has 1 aliphatic rings. The monoisotopic (exact) mass is 351 g/mol. The number of rotatable bonds is 3. The molecular weight excluding hydrogens is 330 g/mol. The summed E-state index contributed by atoms with van der Waals surface area (Å²) in [7, 11) is 3.37. The molecular formula is C16H22ClN5O2. The molecule has 0 radical (unpaired) electrons. The van der Waals surface area contributed by atoms with Crippen LogP contribution in [-0.2, 0) is 5.54 Å². The number of aryl methyl sites for hydroxylation is 1. The summed E-state index contributed by atoms with van der Waals surface area (Å²) in [6.45, 7) is 1.97. The van der Waals surface area contributed by atoms with Gasteiger partial charge in [0.25, 0.3) is 5.89 Å². The van der Waals surface area contributed by atoms with Crippen molar-refractivity contribution in [1.82, 2.24) is 15.0 Å². The van der Waals surface area contributed by atoms with Gasteiger partial charge in [-0.3, -0.25) is 0 Å². The normalized spacial score (nSPS) is 15.2. The van der Waals surface area contributed by atoms with Crippen molar-refractivity contribution in [3.05, 3.63) is 29.6 Å². The minimum absolute atomic E-state index is 0. The minimum atomic E-state index is -0.474. The molecule has 0 aliphatic heterocycles. The van der Waals surface area contributed by atoms with Gasteiger partial charge in [-0.25, -0.2) is 4.79 Å². The predicted octanol–water partition coefficient (Wildman–Crippen LogP) is 2.90. The van der Waals surface area contributed by atoms with Gasteiger partial charge in [0.05, 0.1) is 16.8 Å². The van der Waals surface area contributed by atoms with Crippen LogP contribution in [-0.4, -0.2) is 35.2 Å². The fourth-order valence-electron chi connectivity index (χ4n) is 2.49. The second kappa shape index (κ2) is 6.78. The Morgan fingerprint density at radius 3 is 2.67 bits per heavy atom. The average molecular weight is 352 g/mol. The van der Waals surface area contributed by atoms with E-state index >= 15 is 0 Å². The van der Waals surface area contributed by atoms with E-state index in [0.29, 0.717) is 23.0 Å². The number of nitrogens with zero attached hydrogens (tertiary/aromatic N) is 3. The summed E-state index contributed by atoms with van der Waals surface area (Å²) >= 11 is 0. The maximum atomic E-state index is 11.9. The maximum Gasteiger partial charge on any atom is 0.321 e. The van der Waals surface area contributed by atoms with Crippen molar-refractivity contribution in [2.45, 2.75) is 31.7 Å². The van der Waals surface area contributed by atoms with E-state index in [-0.39, 0.29) is 18.4 Å². The number of hydrogen-bond acceptors (Lipinski definition) is 5. The number of carbonyl (C=O) groups is 1. The molecule has 2 amide bonds. The Labute approximate surface area is 147 Å². The van der Waals surface area contributed by atoms with Crippen molar-refractivity contribution in [3.8, 4) is 11.5 Å². The van der Waals surface area contributed by atoms with Crippen LogP contribution in [0.5, 0.6) is 0 Å². The van der Waals surface area contributed by atoms with E-state index in [1.165, 1.54) is 4.90 Å². The molecule has 1 aromatic carbocycles. The van der Waals surface area contributed by atoms with E-state index in [0.717, 1.165) is 24.8 Å². The first kappa shape index (κ1) is 18.2. The molecule has 0 atom stereocenters. The Hall–Kier alpha value is -2.12. The van der Waals surface area contributed by atoms with Crippen molar-refractivity contribution in [1.29, 1.82) is 0 Å². The molecule has 1 saturated carbocycles. The molecule has 1 aliphatic carbocycles. The third kappa shape index (κ3) is 3.37. The zero-order valence-electron chi connectivity index (χ0n) is 14.0. The van der Waals surface area contributed by atoms with Gasteiger partial charge in [0.1, 0.15) is 0 Å². The number of halogens is 1. The van der Waals surface area contributed by atoms with Gasteiger partial charge < -0.3 is 20.5 Å². The van der Waals surface area contributed by atoms with Crippen molar-refractivity contribution < 1.29 is 9.32 Å². The lowest BCUT2D eigenvalue weighted by Crippen LogP contribution is -2.44. The molecule has 0 bridgehead atoms. The smallest absolute Gasteiger partial charge is 0.321 e. The second-order valence-electron chi connectivity index (χ2n) is 6.31. The molecule has 2 aromatic rings. The van der Waals surface area contributed by atoms with Crippen LogP contribution in [0, 0.1) is 6.92 Å². The molecule has 130 valence electrons. The number of nitrogens with two attached hydrogens (primary N) is 1. The first-order valence-electron chi connectivity index (χ1n) is 7.61. The molecule has 3 rings (SSSR count). The lowest BCUT2D eigenvalue weighted by Gasteiger charge is -2.34.